The summed E-state index contributed by atoms with van der Waals surface area (Å²) in [5.74, 6) is 1.12. The summed E-state index contributed by atoms with van der Waals surface area (Å²) >= 11 is 0. The predicted octanol–water partition coefficient (Wildman–Crippen LogP) is 3.75. The number of hydrogen-bond acceptors (Lipinski definition) is 4. The summed E-state index contributed by atoms with van der Waals surface area (Å²) in [5.41, 5.74) is 2.39. The minimum Gasteiger partial charge on any atom is -0.481 e. The molecule has 28 heavy (non-hydrogen) atoms. The van der Waals surface area contributed by atoms with Gasteiger partial charge in [0, 0.05) is 36.3 Å². The number of nitrogens with one attached hydrogen (secondary N) is 1. The standard InChI is InChI=1S/C23H29N3O2/c1-28-22-11-5-10-21(25-22)18-6-4-7-19(14-18)23(27)24-15-17-12-13-26(16-17)20-8-2-3-9-20/h4-7,10-11,14,17,20H,2-3,8-9,12-13,15-16H2,1H3,(H,24,27)/t17-/m1/s1. The zero-order valence-corrected chi connectivity index (χ0v) is 16.6. The summed E-state index contributed by atoms with van der Waals surface area (Å²) in [6, 6.07) is 14.1. The van der Waals surface area contributed by atoms with Crippen molar-refractivity contribution in [1.29, 1.82) is 0 Å². The third kappa shape index (κ3) is 4.36. The maximum Gasteiger partial charge on any atom is 0.251 e. The van der Waals surface area contributed by atoms with Gasteiger partial charge < -0.3 is 15.0 Å². The first kappa shape index (κ1) is 18.9. The van der Waals surface area contributed by atoms with E-state index in [-0.39, 0.29) is 5.91 Å². The van der Waals surface area contributed by atoms with E-state index in [2.05, 4.69) is 15.2 Å². The van der Waals surface area contributed by atoms with Crippen molar-refractivity contribution in [2.24, 2.45) is 5.92 Å². The monoisotopic (exact) mass is 379 g/mol. The molecule has 2 aliphatic rings. The van der Waals surface area contributed by atoms with Crippen LogP contribution in [0, 0.1) is 5.92 Å². The van der Waals surface area contributed by atoms with Gasteiger partial charge in [-0.2, -0.15) is 0 Å². The van der Waals surface area contributed by atoms with E-state index in [9.17, 15) is 4.79 Å². The van der Waals surface area contributed by atoms with E-state index in [0.29, 0.717) is 17.4 Å². The van der Waals surface area contributed by atoms with Crippen LogP contribution in [0.2, 0.25) is 0 Å². The van der Waals surface area contributed by atoms with Gasteiger partial charge in [0.25, 0.3) is 5.91 Å². The van der Waals surface area contributed by atoms with E-state index in [4.69, 9.17) is 4.74 Å². The molecule has 0 bridgehead atoms. The molecule has 1 atom stereocenters. The second-order valence-electron chi connectivity index (χ2n) is 7.94. The van der Waals surface area contributed by atoms with Crippen LogP contribution in [0.5, 0.6) is 5.88 Å². The van der Waals surface area contributed by atoms with E-state index >= 15 is 0 Å². The fourth-order valence-electron chi connectivity index (χ4n) is 4.48. The van der Waals surface area contributed by atoms with E-state index in [0.717, 1.165) is 30.4 Å². The smallest absolute Gasteiger partial charge is 0.251 e. The van der Waals surface area contributed by atoms with E-state index in [1.54, 1.807) is 7.11 Å². The van der Waals surface area contributed by atoms with Crippen molar-refractivity contribution in [3.63, 3.8) is 0 Å². The SMILES string of the molecule is COc1cccc(-c2cccc(C(=O)NC[C@H]3CCN(C4CCCC4)C3)c2)n1. The fraction of sp³-hybridized carbons (Fsp3) is 0.478. The van der Waals surface area contributed by atoms with Crippen molar-refractivity contribution in [2.75, 3.05) is 26.7 Å². The zero-order valence-electron chi connectivity index (χ0n) is 16.6. The third-order valence-corrected chi connectivity index (χ3v) is 6.06. The van der Waals surface area contributed by atoms with Crippen molar-refractivity contribution < 1.29 is 9.53 Å². The molecule has 2 fully saturated rings. The molecule has 1 N–H and O–H groups in total. The Morgan fingerprint density at radius 1 is 1.18 bits per heavy atom. The van der Waals surface area contributed by atoms with Gasteiger partial charge in [-0.25, -0.2) is 4.98 Å². The number of carbonyl (C=O) groups excluding carboxylic acids is 1. The number of amides is 1. The Morgan fingerprint density at radius 2 is 2.00 bits per heavy atom. The summed E-state index contributed by atoms with van der Waals surface area (Å²) in [7, 11) is 1.60. The largest absolute Gasteiger partial charge is 0.481 e. The quantitative estimate of drug-likeness (QED) is 0.830. The molecule has 0 spiro atoms. The first-order chi connectivity index (χ1) is 13.7. The first-order valence-corrected chi connectivity index (χ1v) is 10.4. The minimum absolute atomic E-state index is 0.0101. The Balaban J connectivity index is 1.35. The Morgan fingerprint density at radius 3 is 2.82 bits per heavy atom. The van der Waals surface area contributed by atoms with Crippen LogP contribution in [0.3, 0.4) is 0 Å². The Labute approximate surface area is 167 Å². The first-order valence-electron chi connectivity index (χ1n) is 10.4. The molecule has 4 rings (SSSR count). The summed E-state index contributed by atoms with van der Waals surface area (Å²) < 4.78 is 5.20. The number of benzene rings is 1. The Kier molecular flexibility index (Phi) is 5.91. The highest BCUT2D eigenvalue weighted by atomic mass is 16.5. The maximum atomic E-state index is 12.7. The number of nitrogens with zero attached hydrogens (tertiary/aromatic N) is 2. The minimum atomic E-state index is -0.0101. The van der Waals surface area contributed by atoms with Gasteiger partial charge in [-0.05, 0) is 49.9 Å². The van der Waals surface area contributed by atoms with E-state index in [1.807, 2.05) is 42.5 Å². The molecule has 1 aliphatic carbocycles. The van der Waals surface area contributed by atoms with Crippen molar-refractivity contribution in [2.45, 2.75) is 38.1 Å². The highest BCUT2D eigenvalue weighted by Gasteiger charge is 2.29. The number of pyridine rings is 1. The number of carbonyl (C=O) groups is 1. The number of methoxy groups -OCH3 is 1. The molecule has 2 aromatic rings. The van der Waals surface area contributed by atoms with Gasteiger partial charge in [0.15, 0.2) is 0 Å². The normalized spacial score (nSPS) is 20.4. The number of likely N-dealkylation sites (tertiary alicyclic amines) is 1. The fourth-order valence-corrected chi connectivity index (χ4v) is 4.48. The average molecular weight is 380 g/mol. The van der Waals surface area contributed by atoms with Crippen LogP contribution in [0.4, 0.5) is 0 Å². The van der Waals surface area contributed by atoms with Crippen molar-refractivity contribution in [3.05, 3.63) is 48.0 Å². The molecule has 148 valence electrons. The molecule has 5 nitrogen and oxygen atoms in total. The van der Waals surface area contributed by atoms with Gasteiger partial charge in [-0.3, -0.25) is 4.79 Å². The number of aromatic nitrogens is 1. The Bertz CT molecular complexity index is 817. The lowest BCUT2D eigenvalue weighted by Crippen LogP contribution is -2.34. The molecule has 1 aromatic carbocycles. The molecule has 1 amide bonds. The average Bonchev–Trinajstić information content (AvgIpc) is 3.44. The molecule has 1 saturated carbocycles. The molecule has 1 saturated heterocycles. The number of rotatable bonds is 6. The highest BCUT2D eigenvalue weighted by Crippen LogP contribution is 2.28. The van der Waals surface area contributed by atoms with Crippen molar-refractivity contribution in [3.8, 4) is 17.1 Å². The van der Waals surface area contributed by atoms with E-state index < -0.39 is 0 Å². The van der Waals surface area contributed by atoms with Gasteiger partial charge in [0.1, 0.15) is 0 Å². The Hall–Kier alpha value is -2.40. The van der Waals surface area contributed by atoms with Crippen LogP contribution < -0.4 is 10.1 Å². The summed E-state index contributed by atoms with van der Waals surface area (Å²) in [6.07, 6.45) is 6.64. The van der Waals surface area contributed by atoms with Gasteiger partial charge in [0.2, 0.25) is 5.88 Å². The second-order valence-corrected chi connectivity index (χ2v) is 7.94. The van der Waals surface area contributed by atoms with Crippen LogP contribution in [0.25, 0.3) is 11.3 Å². The predicted molar refractivity (Wildman–Crippen MR) is 110 cm³/mol. The summed E-state index contributed by atoms with van der Waals surface area (Å²) in [6.45, 7) is 3.06. The lowest BCUT2D eigenvalue weighted by Gasteiger charge is -2.23. The molecule has 5 heteroatoms. The van der Waals surface area contributed by atoms with Gasteiger partial charge in [0.05, 0.1) is 12.8 Å². The van der Waals surface area contributed by atoms with Crippen LogP contribution in [-0.4, -0.2) is 48.6 Å². The molecule has 2 heterocycles. The number of ether oxygens (including phenoxy) is 1. The molecule has 0 radical (unpaired) electrons. The topological polar surface area (TPSA) is 54.5 Å². The zero-order chi connectivity index (χ0) is 19.3. The van der Waals surface area contributed by atoms with Gasteiger partial charge >= 0.3 is 0 Å². The van der Waals surface area contributed by atoms with Crippen LogP contribution >= 0.6 is 0 Å². The highest BCUT2D eigenvalue weighted by molar-refractivity contribution is 5.95. The van der Waals surface area contributed by atoms with Crippen molar-refractivity contribution >= 4 is 5.91 Å². The number of hydrogen-bond donors (Lipinski definition) is 1. The lowest BCUT2D eigenvalue weighted by atomic mass is 10.1. The van der Waals surface area contributed by atoms with Gasteiger partial charge in [-0.1, -0.05) is 31.0 Å². The van der Waals surface area contributed by atoms with Crippen LogP contribution in [0.15, 0.2) is 42.5 Å². The molecular formula is C23H29N3O2. The molecule has 1 aromatic heterocycles. The molecule has 1 aliphatic heterocycles. The maximum absolute atomic E-state index is 12.7. The van der Waals surface area contributed by atoms with Crippen LogP contribution in [0.1, 0.15) is 42.5 Å². The van der Waals surface area contributed by atoms with Crippen molar-refractivity contribution in [1.82, 2.24) is 15.2 Å². The molecule has 0 unspecified atom stereocenters. The lowest BCUT2D eigenvalue weighted by molar-refractivity contribution is 0.0947. The van der Waals surface area contributed by atoms with Crippen LogP contribution in [-0.2, 0) is 0 Å². The third-order valence-electron chi connectivity index (χ3n) is 6.06. The van der Waals surface area contributed by atoms with Gasteiger partial charge in [-0.15, -0.1) is 0 Å². The van der Waals surface area contributed by atoms with E-state index in [1.165, 1.54) is 38.6 Å². The molecular weight excluding hydrogens is 350 g/mol. The second kappa shape index (κ2) is 8.74. The summed E-state index contributed by atoms with van der Waals surface area (Å²) in [5, 5.41) is 3.14. The summed E-state index contributed by atoms with van der Waals surface area (Å²) in [4.78, 5) is 19.8.